The van der Waals surface area contributed by atoms with Crippen LogP contribution in [0.25, 0.3) is 0 Å². The molecule has 0 bridgehead atoms. The number of amides is 1. The number of hydrogen-bond donors (Lipinski definition) is 1. The fourth-order valence-electron chi connectivity index (χ4n) is 3.13. The Balaban J connectivity index is 1.56. The predicted molar refractivity (Wildman–Crippen MR) is 99.9 cm³/mol. The summed E-state index contributed by atoms with van der Waals surface area (Å²) in [5.74, 6) is 1.13. The Hall–Kier alpha value is -2.54. The zero-order valence-electron chi connectivity index (χ0n) is 15.4. The number of aryl methyl sites for hydroxylation is 2. The average Bonchev–Trinajstić information content (AvgIpc) is 2.61. The minimum Gasteiger partial charge on any atom is -0.354 e. The summed E-state index contributed by atoms with van der Waals surface area (Å²) < 4.78 is 13.6. The predicted octanol–water partition coefficient (Wildman–Crippen LogP) is 2.30. The minimum atomic E-state index is -0.421. The SMILES string of the molecule is Cc1nc(C)c(C)c(N2CCN(CC(=O)Nc3ccccc3F)CC2)n1. The van der Waals surface area contributed by atoms with Crippen molar-refractivity contribution in [3.63, 3.8) is 0 Å². The van der Waals surface area contributed by atoms with Gasteiger partial charge in [-0.2, -0.15) is 0 Å². The number of anilines is 2. The quantitative estimate of drug-likeness (QED) is 0.910. The van der Waals surface area contributed by atoms with Crippen LogP contribution in [-0.4, -0.2) is 53.5 Å². The number of nitrogens with one attached hydrogen (secondary N) is 1. The van der Waals surface area contributed by atoms with Crippen molar-refractivity contribution in [2.75, 3.05) is 42.9 Å². The molecule has 0 unspecified atom stereocenters. The molecule has 1 aromatic carbocycles. The second-order valence-electron chi connectivity index (χ2n) is 6.60. The standard InChI is InChI=1S/C19H24FN5O/c1-13-14(2)21-15(3)22-19(13)25-10-8-24(9-11-25)12-18(26)23-17-7-5-4-6-16(17)20/h4-7H,8-12H2,1-3H3,(H,23,26). The van der Waals surface area contributed by atoms with Gasteiger partial charge in [0.2, 0.25) is 5.91 Å². The van der Waals surface area contributed by atoms with Crippen molar-refractivity contribution in [3.05, 3.63) is 47.2 Å². The van der Waals surface area contributed by atoms with Crippen LogP contribution in [0.3, 0.4) is 0 Å². The monoisotopic (exact) mass is 357 g/mol. The third-order valence-electron chi connectivity index (χ3n) is 4.66. The van der Waals surface area contributed by atoms with Gasteiger partial charge in [0.05, 0.1) is 12.2 Å². The smallest absolute Gasteiger partial charge is 0.238 e. The van der Waals surface area contributed by atoms with Gasteiger partial charge in [-0.25, -0.2) is 14.4 Å². The van der Waals surface area contributed by atoms with E-state index in [1.165, 1.54) is 6.07 Å². The van der Waals surface area contributed by atoms with E-state index in [9.17, 15) is 9.18 Å². The highest BCUT2D eigenvalue weighted by atomic mass is 19.1. The van der Waals surface area contributed by atoms with E-state index in [1.54, 1.807) is 18.2 Å². The minimum absolute atomic E-state index is 0.201. The highest BCUT2D eigenvalue weighted by molar-refractivity contribution is 5.92. The molecule has 1 fully saturated rings. The van der Waals surface area contributed by atoms with Gasteiger partial charge in [0.15, 0.2) is 0 Å². The summed E-state index contributed by atoms with van der Waals surface area (Å²) in [4.78, 5) is 25.5. The molecule has 2 aromatic rings. The number of hydrogen-bond acceptors (Lipinski definition) is 5. The second kappa shape index (κ2) is 7.78. The third-order valence-corrected chi connectivity index (χ3v) is 4.66. The number of aromatic nitrogens is 2. The lowest BCUT2D eigenvalue weighted by atomic mass is 10.2. The zero-order chi connectivity index (χ0) is 18.7. The largest absolute Gasteiger partial charge is 0.354 e. The zero-order valence-corrected chi connectivity index (χ0v) is 15.4. The lowest BCUT2D eigenvalue weighted by molar-refractivity contribution is -0.117. The molecule has 1 aromatic heterocycles. The van der Waals surface area contributed by atoms with E-state index < -0.39 is 5.82 Å². The maximum absolute atomic E-state index is 13.6. The van der Waals surface area contributed by atoms with Crippen LogP contribution in [0, 0.1) is 26.6 Å². The highest BCUT2D eigenvalue weighted by Gasteiger charge is 2.22. The Kier molecular flexibility index (Phi) is 5.46. The molecule has 0 spiro atoms. The molecule has 0 saturated carbocycles. The molecule has 0 aliphatic carbocycles. The maximum Gasteiger partial charge on any atom is 0.238 e. The van der Waals surface area contributed by atoms with Crippen LogP contribution in [0.15, 0.2) is 24.3 Å². The van der Waals surface area contributed by atoms with E-state index in [2.05, 4.69) is 25.1 Å². The van der Waals surface area contributed by atoms with Crippen molar-refractivity contribution in [1.82, 2.24) is 14.9 Å². The molecule has 1 amide bonds. The first kappa shape index (κ1) is 18.3. The third kappa shape index (κ3) is 4.16. The van der Waals surface area contributed by atoms with Crippen LogP contribution < -0.4 is 10.2 Å². The van der Waals surface area contributed by atoms with Crippen molar-refractivity contribution >= 4 is 17.4 Å². The Morgan fingerprint density at radius 1 is 1.12 bits per heavy atom. The van der Waals surface area contributed by atoms with Crippen LogP contribution in [-0.2, 0) is 4.79 Å². The van der Waals surface area contributed by atoms with Gasteiger partial charge < -0.3 is 10.2 Å². The molecule has 1 N–H and O–H groups in total. The van der Waals surface area contributed by atoms with Gasteiger partial charge in [0, 0.05) is 37.4 Å². The molecular formula is C19H24FN5O. The van der Waals surface area contributed by atoms with E-state index in [0.29, 0.717) is 0 Å². The van der Waals surface area contributed by atoms with Gasteiger partial charge in [-0.05, 0) is 32.9 Å². The van der Waals surface area contributed by atoms with Crippen molar-refractivity contribution in [2.24, 2.45) is 0 Å². The normalized spacial score (nSPS) is 15.2. The Morgan fingerprint density at radius 2 is 1.81 bits per heavy atom. The lowest BCUT2D eigenvalue weighted by Crippen LogP contribution is -2.49. The van der Waals surface area contributed by atoms with E-state index in [-0.39, 0.29) is 18.1 Å². The molecule has 3 rings (SSSR count). The van der Waals surface area contributed by atoms with Crippen LogP contribution in [0.1, 0.15) is 17.1 Å². The number of carbonyl (C=O) groups excluding carboxylic acids is 1. The highest BCUT2D eigenvalue weighted by Crippen LogP contribution is 2.21. The van der Waals surface area contributed by atoms with Gasteiger partial charge in [-0.3, -0.25) is 9.69 Å². The summed E-state index contributed by atoms with van der Waals surface area (Å²) in [5, 5.41) is 2.63. The molecular weight excluding hydrogens is 333 g/mol. The first-order chi connectivity index (χ1) is 12.4. The van der Waals surface area contributed by atoms with Gasteiger partial charge in [0.1, 0.15) is 17.5 Å². The summed E-state index contributed by atoms with van der Waals surface area (Å²) >= 11 is 0. The summed E-state index contributed by atoms with van der Waals surface area (Å²) in [5.41, 5.74) is 2.32. The van der Waals surface area contributed by atoms with E-state index in [0.717, 1.165) is 49.1 Å². The molecule has 138 valence electrons. The molecule has 1 aliphatic rings. The molecule has 7 heteroatoms. The Labute approximate surface area is 153 Å². The summed E-state index contributed by atoms with van der Waals surface area (Å²) in [6.07, 6.45) is 0. The van der Waals surface area contributed by atoms with Gasteiger partial charge in [-0.1, -0.05) is 12.1 Å². The Bertz CT molecular complexity index is 803. The fraction of sp³-hybridized carbons (Fsp3) is 0.421. The average molecular weight is 357 g/mol. The van der Waals surface area contributed by atoms with Crippen LogP contribution >= 0.6 is 0 Å². The number of carbonyl (C=O) groups is 1. The molecule has 0 atom stereocenters. The number of rotatable bonds is 4. The van der Waals surface area contributed by atoms with Crippen molar-refractivity contribution in [2.45, 2.75) is 20.8 Å². The summed E-state index contributed by atoms with van der Waals surface area (Å²) in [6, 6.07) is 6.20. The summed E-state index contributed by atoms with van der Waals surface area (Å²) in [6.45, 7) is 9.29. The van der Waals surface area contributed by atoms with Crippen molar-refractivity contribution < 1.29 is 9.18 Å². The van der Waals surface area contributed by atoms with E-state index in [1.807, 2.05) is 20.8 Å². The lowest BCUT2D eigenvalue weighted by Gasteiger charge is -2.35. The molecule has 6 nitrogen and oxygen atoms in total. The number of benzene rings is 1. The number of piperazine rings is 1. The second-order valence-corrected chi connectivity index (χ2v) is 6.60. The molecule has 26 heavy (non-hydrogen) atoms. The maximum atomic E-state index is 13.6. The van der Waals surface area contributed by atoms with Gasteiger partial charge in [0.25, 0.3) is 0 Å². The molecule has 1 aliphatic heterocycles. The number of nitrogens with zero attached hydrogens (tertiary/aromatic N) is 4. The summed E-state index contributed by atoms with van der Waals surface area (Å²) in [7, 11) is 0. The topological polar surface area (TPSA) is 61.4 Å². The number of para-hydroxylation sites is 1. The van der Waals surface area contributed by atoms with Crippen molar-refractivity contribution in [3.8, 4) is 0 Å². The molecule has 2 heterocycles. The van der Waals surface area contributed by atoms with Crippen LogP contribution in [0.4, 0.5) is 15.9 Å². The molecule has 0 radical (unpaired) electrons. The molecule has 1 saturated heterocycles. The van der Waals surface area contributed by atoms with Crippen LogP contribution in [0.5, 0.6) is 0 Å². The van der Waals surface area contributed by atoms with Crippen LogP contribution in [0.2, 0.25) is 0 Å². The first-order valence-electron chi connectivity index (χ1n) is 8.77. The van der Waals surface area contributed by atoms with E-state index in [4.69, 9.17) is 0 Å². The van der Waals surface area contributed by atoms with Crippen molar-refractivity contribution in [1.29, 1.82) is 0 Å². The fourth-order valence-corrected chi connectivity index (χ4v) is 3.13. The van der Waals surface area contributed by atoms with Gasteiger partial charge >= 0.3 is 0 Å². The van der Waals surface area contributed by atoms with Gasteiger partial charge in [-0.15, -0.1) is 0 Å². The Morgan fingerprint density at radius 3 is 2.50 bits per heavy atom. The number of halogens is 1. The first-order valence-corrected chi connectivity index (χ1v) is 8.77. The van der Waals surface area contributed by atoms with E-state index >= 15 is 0 Å².